The van der Waals surface area contributed by atoms with Crippen LogP contribution in [-0.4, -0.2) is 53.6 Å². The molecule has 0 saturated heterocycles. The average molecular weight is 665 g/mol. The van der Waals surface area contributed by atoms with E-state index in [4.69, 9.17) is 34.7 Å². The number of carbonyl (C=O) groups is 2. The Morgan fingerprint density at radius 3 is 1.41 bits per heavy atom. The smallest absolute Gasteiger partial charge is 0.332 e. The number of nitrogens with two attached hydrogens (primary N) is 2. The molecule has 0 bridgehead atoms. The zero-order chi connectivity index (χ0) is 33.1. The first-order valence-electron chi connectivity index (χ1n) is 13.0. The summed E-state index contributed by atoms with van der Waals surface area (Å²) in [5.74, 6) is 0. The highest BCUT2D eigenvalue weighted by atomic mass is 35.5. The van der Waals surface area contributed by atoms with Crippen LogP contribution in [-0.2, 0) is 0 Å². The highest BCUT2D eigenvalue weighted by Gasteiger charge is 2.26. The number of hydrogen-bond donors (Lipinski definition) is 8. The Morgan fingerprint density at radius 1 is 0.696 bits per heavy atom. The lowest BCUT2D eigenvalue weighted by Crippen LogP contribution is -2.31. The number of nitrogens with zero attached hydrogens (tertiary/aromatic N) is 4. The van der Waals surface area contributed by atoms with Crippen LogP contribution in [0.5, 0.6) is 0 Å². The number of rotatable bonds is 8. The molecule has 2 atom stereocenters. The number of amides is 4. The normalized spacial score (nSPS) is 13.4. The summed E-state index contributed by atoms with van der Waals surface area (Å²) in [7, 11) is 0. The number of urea groups is 2. The van der Waals surface area contributed by atoms with E-state index in [9.17, 15) is 29.4 Å². The number of benzene rings is 3. The van der Waals surface area contributed by atoms with Gasteiger partial charge in [0.05, 0.1) is 22.1 Å². The molecular formula is C28H22Cl2N10O6. The minimum Gasteiger partial charge on any atom is -0.382 e. The SMILES string of the molecule is NC(=O)NN=C(c1nc2ccc(Cl)cc2[nH]c1=O)C(O)c1ccc(C(O)C(=NNC(N)=O)c2nc3ccc(Cl)cc3[nH]c2=O)cc1. The molecule has 0 aliphatic rings. The Kier molecular flexibility index (Phi) is 9.06. The number of hydrazone groups is 2. The van der Waals surface area contributed by atoms with Crippen LogP contribution in [0.15, 0.2) is 80.5 Å². The van der Waals surface area contributed by atoms with E-state index in [2.05, 4.69) is 30.1 Å². The van der Waals surface area contributed by atoms with E-state index in [0.717, 1.165) is 0 Å². The summed E-state index contributed by atoms with van der Waals surface area (Å²) in [6, 6.07) is 12.5. The van der Waals surface area contributed by atoms with Crippen molar-refractivity contribution in [2.24, 2.45) is 21.7 Å². The van der Waals surface area contributed by atoms with Crippen LogP contribution in [0, 0.1) is 0 Å². The molecule has 16 nitrogen and oxygen atoms in total. The molecule has 0 aliphatic carbocycles. The van der Waals surface area contributed by atoms with Gasteiger partial charge in [0.15, 0.2) is 11.4 Å². The van der Waals surface area contributed by atoms with Gasteiger partial charge in [-0.15, -0.1) is 0 Å². The third-order valence-electron chi connectivity index (χ3n) is 6.45. The molecule has 0 saturated carbocycles. The monoisotopic (exact) mass is 664 g/mol. The van der Waals surface area contributed by atoms with Gasteiger partial charge in [-0.2, -0.15) is 10.2 Å². The maximum atomic E-state index is 12.9. The quantitative estimate of drug-likeness (QED) is 0.0890. The molecule has 2 unspecified atom stereocenters. The fraction of sp³-hybridized carbons (Fsp3) is 0.0714. The summed E-state index contributed by atoms with van der Waals surface area (Å²) in [5.41, 5.74) is 13.0. The number of aliphatic hydroxyl groups excluding tert-OH is 2. The predicted octanol–water partition coefficient (Wildman–Crippen LogP) is 1.68. The van der Waals surface area contributed by atoms with Crippen molar-refractivity contribution in [1.82, 2.24) is 30.8 Å². The Hall–Kier alpha value is -5.68. The van der Waals surface area contributed by atoms with E-state index in [1.165, 1.54) is 48.5 Å². The molecule has 3 aromatic carbocycles. The number of halogens is 2. The van der Waals surface area contributed by atoms with Crippen LogP contribution in [0.2, 0.25) is 10.0 Å². The molecule has 0 fully saturated rings. The molecule has 0 aliphatic heterocycles. The number of aliphatic hydroxyl groups is 2. The van der Waals surface area contributed by atoms with Crippen LogP contribution >= 0.6 is 23.2 Å². The van der Waals surface area contributed by atoms with Gasteiger partial charge in [-0.25, -0.2) is 30.4 Å². The zero-order valence-corrected chi connectivity index (χ0v) is 24.7. The summed E-state index contributed by atoms with van der Waals surface area (Å²) in [6.45, 7) is 0. The van der Waals surface area contributed by atoms with Gasteiger partial charge in [0.1, 0.15) is 23.6 Å². The Labute approximate surface area is 266 Å². The molecule has 46 heavy (non-hydrogen) atoms. The minimum atomic E-state index is -1.64. The Bertz CT molecular complexity index is 2030. The first-order chi connectivity index (χ1) is 21.9. The molecule has 0 spiro atoms. The minimum absolute atomic E-state index is 0.144. The third-order valence-corrected chi connectivity index (χ3v) is 6.92. The van der Waals surface area contributed by atoms with Gasteiger partial charge in [0.25, 0.3) is 11.1 Å². The van der Waals surface area contributed by atoms with Crippen LogP contribution in [0.25, 0.3) is 22.1 Å². The van der Waals surface area contributed by atoms with Gasteiger partial charge >= 0.3 is 12.1 Å². The number of carbonyl (C=O) groups excluding carboxylic acids is 2. The lowest BCUT2D eigenvalue weighted by atomic mass is 9.97. The van der Waals surface area contributed by atoms with Gasteiger partial charge in [0, 0.05) is 10.0 Å². The molecule has 5 aromatic rings. The molecule has 4 amide bonds. The van der Waals surface area contributed by atoms with Crippen LogP contribution in [0.4, 0.5) is 9.59 Å². The second-order valence-corrected chi connectivity index (χ2v) is 10.4. The van der Waals surface area contributed by atoms with Crippen molar-refractivity contribution < 1.29 is 19.8 Å². The standard InChI is InChI=1S/C28H22Cl2N10O6/c29-13-5-7-15-17(9-13)35-25(43)21(33-15)19(37-39-27(31)45)23(41)11-1-2-12(4-3-11)24(42)20(38-40-28(32)46)22-26(44)36-18-10-14(30)6-8-16(18)34-22/h1-10,23-24,41-42H,(H,35,43)(H,36,44)(H3,31,39,45)(H3,32,40,46). The highest BCUT2D eigenvalue weighted by molar-refractivity contribution is 6.31. The third kappa shape index (κ3) is 6.84. The number of aromatic nitrogens is 4. The molecule has 2 aromatic heterocycles. The van der Waals surface area contributed by atoms with Crippen molar-refractivity contribution in [3.8, 4) is 0 Å². The average Bonchev–Trinajstić information content (AvgIpc) is 3.01. The molecule has 18 heteroatoms. The van der Waals surface area contributed by atoms with Crippen LogP contribution < -0.4 is 33.4 Å². The van der Waals surface area contributed by atoms with E-state index in [-0.39, 0.29) is 33.9 Å². The molecule has 234 valence electrons. The summed E-state index contributed by atoms with van der Waals surface area (Å²) in [5, 5.41) is 30.9. The largest absolute Gasteiger partial charge is 0.382 e. The second-order valence-electron chi connectivity index (χ2n) is 9.57. The Balaban J connectivity index is 1.51. The van der Waals surface area contributed by atoms with Crippen molar-refractivity contribution in [3.05, 3.63) is 114 Å². The number of H-pyrrole nitrogens is 2. The molecule has 10 N–H and O–H groups in total. The first-order valence-corrected chi connectivity index (χ1v) is 13.8. The highest BCUT2D eigenvalue weighted by Crippen LogP contribution is 2.24. The lowest BCUT2D eigenvalue weighted by molar-refractivity contribution is 0.240. The summed E-state index contributed by atoms with van der Waals surface area (Å²) < 4.78 is 0. The van der Waals surface area contributed by atoms with Crippen molar-refractivity contribution >= 4 is 68.8 Å². The van der Waals surface area contributed by atoms with Crippen LogP contribution in [0.1, 0.15) is 34.7 Å². The second kappa shape index (κ2) is 13.1. The van der Waals surface area contributed by atoms with Gasteiger partial charge in [-0.05, 0) is 47.5 Å². The van der Waals surface area contributed by atoms with E-state index in [0.29, 0.717) is 32.1 Å². The van der Waals surface area contributed by atoms with E-state index < -0.39 is 35.4 Å². The fourth-order valence-corrected chi connectivity index (χ4v) is 4.70. The fourth-order valence-electron chi connectivity index (χ4n) is 4.36. The van der Waals surface area contributed by atoms with E-state index >= 15 is 0 Å². The van der Waals surface area contributed by atoms with Crippen molar-refractivity contribution in [2.45, 2.75) is 12.2 Å². The van der Waals surface area contributed by atoms with Crippen molar-refractivity contribution in [2.75, 3.05) is 0 Å². The summed E-state index contributed by atoms with van der Waals surface area (Å²) in [4.78, 5) is 62.5. The molecule has 2 heterocycles. The van der Waals surface area contributed by atoms with Gasteiger partial charge in [0.2, 0.25) is 0 Å². The maximum Gasteiger partial charge on any atom is 0.332 e. The van der Waals surface area contributed by atoms with Crippen molar-refractivity contribution in [3.63, 3.8) is 0 Å². The zero-order valence-electron chi connectivity index (χ0n) is 23.2. The van der Waals surface area contributed by atoms with Crippen LogP contribution in [0.3, 0.4) is 0 Å². The molecule has 0 radical (unpaired) electrons. The van der Waals surface area contributed by atoms with Gasteiger partial charge < -0.3 is 31.6 Å². The number of aromatic amines is 2. The Morgan fingerprint density at radius 2 is 1.07 bits per heavy atom. The number of fused-ring (bicyclic) bond motifs is 2. The topological polar surface area (TPSA) is 267 Å². The molecule has 5 rings (SSSR count). The first kappa shape index (κ1) is 31.7. The number of hydrogen-bond acceptors (Lipinski definition) is 10. The van der Waals surface area contributed by atoms with Crippen molar-refractivity contribution in [1.29, 1.82) is 0 Å². The van der Waals surface area contributed by atoms with Gasteiger partial charge in [-0.3, -0.25) is 9.59 Å². The number of nitrogens with one attached hydrogen (secondary N) is 4. The predicted molar refractivity (Wildman–Crippen MR) is 170 cm³/mol. The molecular weight excluding hydrogens is 643 g/mol. The number of primary amides is 2. The van der Waals surface area contributed by atoms with E-state index in [1.807, 2.05) is 10.9 Å². The summed E-state index contributed by atoms with van der Waals surface area (Å²) in [6.07, 6.45) is -3.28. The van der Waals surface area contributed by atoms with Gasteiger partial charge in [-0.1, -0.05) is 47.5 Å². The maximum absolute atomic E-state index is 12.9. The van der Waals surface area contributed by atoms with E-state index in [1.54, 1.807) is 12.1 Å². The lowest BCUT2D eigenvalue weighted by Gasteiger charge is -2.17. The summed E-state index contributed by atoms with van der Waals surface area (Å²) >= 11 is 12.0.